The van der Waals surface area contributed by atoms with Crippen LogP contribution >= 0.6 is 0 Å². The molecule has 0 saturated carbocycles. The standard InChI is InChI=1S/C19H28F2N4O4S/c1-3-24(4-2)19(27)14-23-9-11-25(12-10-23)18(26)7-8-22-30(28,29)15-5-6-16(20)17(21)13-15/h5-6,13,22H,3-4,7-12,14H2,1-2H3. The van der Waals surface area contributed by atoms with E-state index in [1.165, 1.54) is 0 Å². The number of likely N-dealkylation sites (N-methyl/N-ethyl adjacent to an activating group) is 1. The number of nitrogens with zero attached hydrogens (tertiary/aromatic N) is 3. The van der Waals surface area contributed by atoms with Gasteiger partial charge in [-0.05, 0) is 32.0 Å². The number of rotatable bonds is 9. The minimum absolute atomic E-state index is 0.0543. The smallest absolute Gasteiger partial charge is 0.240 e. The molecular formula is C19H28F2N4O4S. The Hall–Kier alpha value is -2.11. The third kappa shape index (κ3) is 6.44. The predicted molar refractivity (Wildman–Crippen MR) is 107 cm³/mol. The Bertz CT molecular complexity index is 854. The first-order valence-electron chi connectivity index (χ1n) is 9.90. The van der Waals surface area contributed by atoms with Gasteiger partial charge in [-0.15, -0.1) is 0 Å². The molecule has 1 N–H and O–H groups in total. The number of carbonyl (C=O) groups excluding carboxylic acids is 2. The number of benzene rings is 1. The van der Waals surface area contributed by atoms with Crippen LogP contribution in [0.25, 0.3) is 0 Å². The van der Waals surface area contributed by atoms with Crippen LogP contribution in [0, 0.1) is 11.6 Å². The van der Waals surface area contributed by atoms with E-state index in [0.29, 0.717) is 51.9 Å². The van der Waals surface area contributed by atoms with Crippen LogP contribution in [0.4, 0.5) is 8.78 Å². The highest BCUT2D eigenvalue weighted by Crippen LogP contribution is 2.13. The summed E-state index contributed by atoms with van der Waals surface area (Å²) in [6.45, 7) is 7.40. The van der Waals surface area contributed by atoms with Crippen molar-refractivity contribution in [2.75, 3.05) is 52.4 Å². The molecule has 1 aromatic rings. The van der Waals surface area contributed by atoms with Gasteiger partial charge in [-0.1, -0.05) is 0 Å². The Kier molecular flexibility index (Phi) is 8.68. The molecule has 1 aliphatic heterocycles. The molecule has 0 unspecified atom stereocenters. The monoisotopic (exact) mass is 446 g/mol. The lowest BCUT2D eigenvalue weighted by molar-refractivity contribution is -0.134. The Morgan fingerprint density at radius 2 is 1.70 bits per heavy atom. The molecule has 0 aromatic heterocycles. The van der Waals surface area contributed by atoms with Crippen molar-refractivity contribution in [3.63, 3.8) is 0 Å². The van der Waals surface area contributed by atoms with Gasteiger partial charge in [0.1, 0.15) is 0 Å². The van der Waals surface area contributed by atoms with Gasteiger partial charge < -0.3 is 9.80 Å². The van der Waals surface area contributed by atoms with E-state index in [9.17, 15) is 26.8 Å². The molecule has 2 rings (SSSR count). The third-order valence-corrected chi connectivity index (χ3v) is 6.49. The molecule has 168 valence electrons. The van der Waals surface area contributed by atoms with Crippen molar-refractivity contribution in [2.24, 2.45) is 0 Å². The summed E-state index contributed by atoms with van der Waals surface area (Å²) in [6.07, 6.45) is -0.0543. The summed E-state index contributed by atoms with van der Waals surface area (Å²) in [4.78, 5) is 29.5. The highest BCUT2D eigenvalue weighted by molar-refractivity contribution is 7.89. The van der Waals surface area contributed by atoms with E-state index in [1.807, 2.05) is 18.7 Å². The van der Waals surface area contributed by atoms with Gasteiger partial charge in [0.2, 0.25) is 21.8 Å². The normalized spacial score (nSPS) is 15.3. The molecule has 1 saturated heterocycles. The maximum atomic E-state index is 13.2. The van der Waals surface area contributed by atoms with E-state index in [1.54, 1.807) is 9.80 Å². The zero-order valence-corrected chi connectivity index (χ0v) is 18.1. The van der Waals surface area contributed by atoms with Crippen molar-refractivity contribution in [1.82, 2.24) is 19.4 Å². The van der Waals surface area contributed by atoms with E-state index in [2.05, 4.69) is 4.72 Å². The first-order chi connectivity index (χ1) is 14.2. The van der Waals surface area contributed by atoms with Crippen LogP contribution < -0.4 is 4.72 Å². The fourth-order valence-electron chi connectivity index (χ4n) is 3.20. The summed E-state index contributed by atoms with van der Waals surface area (Å²) in [5, 5.41) is 0. The van der Waals surface area contributed by atoms with Gasteiger partial charge in [-0.25, -0.2) is 21.9 Å². The largest absolute Gasteiger partial charge is 0.342 e. The molecule has 0 radical (unpaired) electrons. The molecule has 8 nitrogen and oxygen atoms in total. The van der Waals surface area contributed by atoms with E-state index < -0.39 is 26.6 Å². The number of carbonyl (C=O) groups is 2. The Morgan fingerprint density at radius 3 is 2.27 bits per heavy atom. The zero-order chi connectivity index (χ0) is 22.3. The highest BCUT2D eigenvalue weighted by Gasteiger charge is 2.24. The van der Waals surface area contributed by atoms with Gasteiger partial charge in [0.25, 0.3) is 0 Å². The second-order valence-corrected chi connectivity index (χ2v) is 8.71. The average Bonchev–Trinajstić information content (AvgIpc) is 2.71. The number of halogens is 2. The van der Waals surface area contributed by atoms with Crippen LogP contribution in [0.3, 0.4) is 0 Å². The van der Waals surface area contributed by atoms with Crippen LogP contribution in [-0.2, 0) is 19.6 Å². The minimum Gasteiger partial charge on any atom is -0.342 e. The van der Waals surface area contributed by atoms with Crippen molar-refractivity contribution < 1.29 is 26.8 Å². The number of nitrogens with one attached hydrogen (secondary N) is 1. The van der Waals surface area contributed by atoms with Crippen molar-refractivity contribution in [3.8, 4) is 0 Å². The molecule has 1 aliphatic rings. The number of hydrogen-bond acceptors (Lipinski definition) is 5. The maximum absolute atomic E-state index is 13.2. The summed E-state index contributed by atoms with van der Waals surface area (Å²) in [5.41, 5.74) is 0. The number of piperazine rings is 1. The van der Waals surface area contributed by atoms with Crippen molar-refractivity contribution in [1.29, 1.82) is 0 Å². The zero-order valence-electron chi connectivity index (χ0n) is 17.2. The second kappa shape index (κ2) is 10.8. The molecule has 0 bridgehead atoms. The average molecular weight is 447 g/mol. The SMILES string of the molecule is CCN(CC)C(=O)CN1CCN(C(=O)CCNS(=O)(=O)c2ccc(F)c(F)c2)CC1. The van der Waals surface area contributed by atoms with Crippen LogP contribution in [0.2, 0.25) is 0 Å². The van der Waals surface area contributed by atoms with Gasteiger partial charge in [0.15, 0.2) is 11.6 Å². The summed E-state index contributed by atoms with van der Waals surface area (Å²) in [7, 11) is -4.04. The van der Waals surface area contributed by atoms with Crippen molar-refractivity contribution in [2.45, 2.75) is 25.2 Å². The van der Waals surface area contributed by atoms with Crippen LogP contribution in [0.5, 0.6) is 0 Å². The van der Waals surface area contributed by atoms with Gasteiger partial charge in [0, 0.05) is 52.2 Å². The van der Waals surface area contributed by atoms with Crippen molar-refractivity contribution in [3.05, 3.63) is 29.8 Å². The number of amides is 2. The maximum Gasteiger partial charge on any atom is 0.240 e. The van der Waals surface area contributed by atoms with E-state index in [0.717, 1.165) is 12.1 Å². The second-order valence-electron chi connectivity index (χ2n) is 6.95. The summed E-state index contributed by atoms with van der Waals surface area (Å²) in [6, 6.07) is 2.29. The molecule has 2 amide bonds. The molecule has 11 heteroatoms. The van der Waals surface area contributed by atoms with Crippen LogP contribution in [-0.4, -0.2) is 87.3 Å². The van der Waals surface area contributed by atoms with Crippen molar-refractivity contribution >= 4 is 21.8 Å². The molecule has 0 atom stereocenters. The van der Waals surface area contributed by atoms with Gasteiger partial charge in [-0.2, -0.15) is 0 Å². The molecule has 1 fully saturated rings. The molecule has 0 spiro atoms. The van der Waals surface area contributed by atoms with Gasteiger partial charge in [0.05, 0.1) is 11.4 Å². The van der Waals surface area contributed by atoms with Gasteiger partial charge >= 0.3 is 0 Å². The lowest BCUT2D eigenvalue weighted by Crippen LogP contribution is -2.51. The Labute approximate surface area is 175 Å². The predicted octanol–water partition coefficient (Wildman–Crippen LogP) is 0.646. The molecular weight excluding hydrogens is 418 g/mol. The topological polar surface area (TPSA) is 90.0 Å². The summed E-state index contributed by atoms with van der Waals surface area (Å²) in [5.74, 6) is -2.54. The van der Waals surface area contributed by atoms with Crippen LogP contribution in [0.1, 0.15) is 20.3 Å². The molecule has 1 heterocycles. The van der Waals surface area contributed by atoms with E-state index >= 15 is 0 Å². The first-order valence-corrected chi connectivity index (χ1v) is 11.4. The number of sulfonamides is 1. The fourth-order valence-corrected chi connectivity index (χ4v) is 4.24. The minimum atomic E-state index is -4.04. The number of hydrogen-bond donors (Lipinski definition) is 1. The molecule has 1 aromatic carbocycles. The summed E-state index contributed by atoms with van der Waals surface area (Å²) >= 11 is 0. The lowest BCUT2D eigenvalue weighted by Gasteiger charge is -2.35. The summed E-state index contributed by atoms with van der Waals surface area (Å²) < 4.78 is 52.7. The van der Waals surface area contributed by atoms with E-state index in [4.69, 9.17) is 0 Å². The fraction of sp³-hybridized carbons (Fsp3) is 0.579. The first kappa shape index (κ1) is 24.2. The Balaban J connectivity index is 1.77. The van der Waals surface area contributed by atoms with Gasteiger partial charge in [-0.3, -0.25) is 14.5 Å². The molecule has 0 aliphatic carbocycles. The Morgan fingerprint density at radius 1 is 1.07 bits per heavy atom. The lowest BCUT2D eigenvalue weighted by atomic mass is 10.2. The third-order valence-electron chi connectivity index (χ3n) is 5.03. The van der Waals surface area contributed by atoms with E-state index in [-0.39, 0.29) is 24.8 Å². The highest BCUT2D eigenvalue weighted by atomic mass is 32.2. The quantitative estimate of drug-likeness (QED) is 0.602. The van der Waals surface area contributed by atoms with Crippen LogP contribution in [0.15, 0.2) is 23.1 Å². The molecule has 30 heavy (non-hydrogen) atoms.